The summed E-state index contributed by atoms with van der Waals surface area (Å²) < 4.78 is 101. The molecule has 0 saturated heterocycles. The third-order valence-electron chi connectivity index (χ3n) is 27.1. The number of rotatable bonds is 8. The van der Waals surface area contributed by atoms with Crippen molar-refractivity contribution in [3.63, 3.8) is 0 Å². The summed E-state index contributed by atoms with van der Waals surface area (Å²) >= 11 is 0. The molecule has 0 spiro atoms. The van der Waals surface area contributed by atoms with Crippen molar-refractivity contribution in [1.29, 1.82) is 0 Å². The lowest BCUT2D eigenvalue weighted by Crippen LogP contribution is -2.61. The van der Waals surface area contributed by atoms with Crippen LogP contribution < -0.4 is 26.2 Å². The maximum atomic E-state index is 11.8. The number of fused-ring (bicyclic) bond motifs is 7. The molecule has 0 fully saturated rings. The van der Waals surface area contributed by atoms with Crippen molar-refractivity contribution in [2.75, 3.05) is 9.80 Å². The average molecular weight is 1700 g/mol. The lowest BCUT2D eigenvalue weighted by atomic mass is 9.33. The van der Waals surface area contributed by atoms with E-state index in [1.165, 1.54) is 38.6 Å². The Morgan fingerprint density at radius 1 is 0.219 bits per heavy atom. The Labute approximate surface area is 787 Å². The normalized spacial score (nSPS) is 15.1. The molecule has 4 heteroatoms. The second kappa shape index (κ2) is 30.9. The van der Waals surface area contributed by atoms with E-state index in [-0.39, 0.29) is 126 Å². The first kappa shape index (κ1) is 81.3. The average Bonchev–Trinajstić information content (AvgIpc) is 1.01. The first-order chi connectivity index (χ1) is 62.5. The van der Waals surface area contributed by atoms with Crippen LogP contribution in [0.25, 0.3) is 83.1 Å². The molecule has 0 saturated carbocycles. The summed E-state index contributed by atoms with van der Waals surface area (Å²) in [6, 6.07) is 60.0. The van der Waals surface area contributed by atoms with Gasteiger partial charge in [-0.15, -0.1) is 0 Å². The van der Waals surface area contributed by atoms with Gasteiger partial charge < -0.3 is 14.4 Å². The van der Waals surface area contributed by atoms with Crippen molar-refractivity contribution in [2.45, 2.75) is 340 Å². The van der Waals surface area contributed by atoms with Gasteiger partial charge in [-0.2, -0.15) is 0 Å². The van der Waals surface area contributed by atoms with E-state index < -0.39 is 44.6 Å². The molecule has 2 aliphatic rings. The first-order valence-corrected chi connectivity index (χ1v) is 47.2. The number of hydrogen-bond donors (Lipinski definition) is 0. The van der Waals surface area contributed by atoms with Gasteiger partial charge in [-0.25, -0.2) is 0 Å². The SMILES string of the molecule is [2H]c1c([2H])c(C(C)(C)C)c([2H])c([2H])c1-c1c([2H])c(C(C)(C)C)c([2H])c(-c2c([2H])c(C(C)(C)C)c([2H])c([2H])c2C(C)(C)C)c1N1c2cc(-c3cc(C(C)(C)C)cc(C(C)(C)C)c3)ccc2B2c3ccc(-n4c5ccc(C(C)(C)C)cc5c5cc(C(C)(C)C)ccc54)cc3N(c3c(-c4ccc(C(C)(C)C)cc4)cc(C(C)(C)C)cc3-c3ccc(C(C)(C)C)cc3C(C)(C)C)c3cc(C(C)(C)C)cc1c32. The third-order valence-corrected chi connectivity index (χ3v) is 27.1. The summed E-state index contributed by atoms with van der Waals surface area (Å²) in [5.41, 5.74) is 21.5. The van der Waals surface area contributed by atoms with Crippen LogP contribution in [0.5, 0.6) is 0 Å². The molecule has 2 aliphatic heterocycles. The lowest BCUT2D eigenvalue weighted by Gasteiger charge is -2.47. The zero-order valence-electron chi connectivity index (χ0n) is 94.4. The predicted octanol–water partition coefficient (Wildman–Crippen LogP) is 34.1. The quantitative estimate of drug-likeness (QED) is 0.141. The van der Waals surface area contributed by atoms with Crippen LogP contribution in [0.4, 0.5) is 34.1 Å². The lowest BCUT2D eigenvalue weighted by molar-refractivity contribution is 0.568. The molecule has 0 amide bonds. The maximum absolute atomic E-state index is 11.8. The molecule has 3 nitrogen and oxygen atoms in total. The standard InChI is InChI=1S/C124H152BN3/c1-112(2,3)79-45-40-75(41-46-79)92-67-87(120(25,26)27)69-97(91-54-49-84(117(16,17)18)71-100(91)124(37,38)39)110(92)128-106-74-90(126-103-58-51-82(115(10,11)12)65-95(103)96-66-83(116(13,14)15)52-59-104(96)126)53-57-102(106)125-101-56-44-77(78-60-85(118(19,20)21)63-86(61-78)119(22,23)24)62-105(101)127(107-72-89(122(31,32)33)73-108(128)109(107)125)111-93(76-42-47-80(48-43-76)113(4,5)6)68-88(121(28,29)30)70-98(111)94-64-81(114(7,8)9)50-55-99(94)123(34,35)36/h40-74H,1-39H3/i42D,43D,47D,48D,50D,55D,64D,68D,70D. The largest absolute Gasteiger partial charge is 0.310 e. The van der Waals surface area contributed by atoms with E-state index in [4.69, 9.17) is 0 Å². The Morgan fingerprint density at radius 3 is 1.07 bits per heavy atom. The van der Waals surface area contributed by atoms with Gasteiger partial charge in [0.15, 0.2) is 0 Å². The van der Waals surface area contributed by atoms with Gasteiger partial charge in [0.25, 0.3) is 6.71 Å². The highest BCUT2D eigenvalue weighted by Crippen LogP contribution is 2.58. The highest BCUT2D eigenvalue weighted by molar-refractivity contribution is 7.00. The number of benzene rings is 12. The monoisotopic (exact) mass is 1700 g/mol. The number of hydrogen-bond acceptors (Lipinski definition) is 2. The van der Waals surface area contributed by atoms with E-state index in [2.05, 4.69) is 359 Å². The molecule has 128 heavy (non-hydrogen) atoms. The molecule has 0 radical (unpaired) electrons. The van der Waals surface area contributed by atoms with Gasteiger partial charge in [-0.1, -0.05) is 403 Å². The second-order valence-electron chi connectivity index (χ2n) is 51.1. The van der Waals surface area contributed by atoms with Crippen LogP contribution in [-0.4, -0.2) is 11.3 Å². The third kappa shape index (κ3) is 17.3. The Bertz CT molecular complexity index is 7000. The second-order valence-corrected chi connectivity index (χ2v) is 51.1. The van der Waals surface area contributed by atoms with E-state index in [1.807, 2.05) is 83.1 Å². The minimum absolute atomic E-state index is 0.0460. The summed E-state index contributed by atoms with van der Waals surface area (Å²) in [6.07, 6.45) is 0. The van der Waals surface area contributed by atoms with E-state index in [0.29, 0.717) is 22.5 Å². The summed E-state index contributed by atoms with van der Waals surface area (Å²) in [5.74, 6) is 0. The van der Waals surface area contributed by atoms with Gasteiger partial charge in [-0.3, -0.25) is 0 Å². The van der Waals surface area contributed by atoms with Crippen LogP contribution in [0.2, 0.25) is 0 Å². The molecule has 13 aromatic rings. The number of nitrogens with zero attached hydrogens (tertiary/aromatic N) is 3. The van der Waals surface area contributed by atoms with Gasteiger partial charge in [-0.05, 0) is 271 Å². The van der Waals surface area contributed by atoms with Gasteiger partial charge in [0.05, 0.1) is 34.7 Å². The van der Waals surface area contributed by atoms with Crippen LogP contribution in [0.1, 0.15) is 355 Å². The predicted molar refractivity (Wildman–Crippen MR) is 565 cm³/mol. The van der Waals surface area contributed by atoms with Crippen molar-refractivity contribution in [1.82, 2.24) is 4.57 Å². The van der Waals surface area contributed by atoms with Gasteiger partial charge >= 0.3 is 0 Å². The molecular weight excluding hydrogens is 1540 g/mol. The molecule has 0 atom stereocenters. The summed E-state index contributed by atoms with van der Waals surface area (Å²) in [7, 11) is 0. The first-order valence-electron chi connectivity index (χ1n) is 51.7. The highest BCUT2D eigenvalue weighted by atomic mass is 15.2. The number of aromatic nitrogens is 1. The van der Waals surface area contributed by atoms with Crippen LogP contribution in [-0.2, 0) is 70.4 Å². The minimum atomic E-state index is -1.06. The Morgan fingerprint density at radius 2 is 0.602 bits per heavy atom. The van der Waals surface area contributed by atoms with Crippen LogP contribution >= 0.6 is 0 Å². The Kier molecular flexibility index (Phi) is 19.6. The molecule has 1 aromatic heterocycles. The summed E-state index contributed by atoms with van der Waals surface area (Å²) in [5, 5.41) is 2.34. The van der Waals surface area contributed by atoms with E-state index >= 15 is 0 Å². The number of anilines is 6. The molecule has 0 unspecified atom stereocenters. The fraction of sp³-hybridized carbons (Fsp3) is 0.419. The van der Waals surface area contributed by atoms with Crippen molar-refractivity contribution in [2.24, 2.45) is 0 Å². The zero-order valence-corrected chi connectivity index (χ0v) is 85.4. The van der Waals surface area contributed by atoms with Crippen molar-refractivity contribution in [3.8, 4) is 61.3 Å². The molecular formula is C124H152BN3. The fourth-order valence-electron chi connectivity index (χ4n) is 18.7. The molecule has 0 N–H and O–H groups in total. The molecule has 666 valence electrons. The van der Waals surface area contributed by atoms with Crippen LogP contribution in [0, 0.1) is 0 Å². The summed E-state index contributed by atoms with van der Waals surface area (Å²) in [6.45, 7) is 85.1. The molecule has 0 aliphatic carbocycles. The topological polar surface area (TPSA) is 11.4 Å². The van der Waals surface area contributed by atoms with Crippen molar-refractivity contribution >= 4 is 79.0 Å². The Hall–Kier alpha value is -9.90. The van der Waals surface area contributed by atoms with Gasteiger partial charge in [0.1, 0.15) is 0 Å². The van der Waals surface area contributed by atoms with E-state index in [1.54, 1.807) is 0 Å². The van der Waals surface area contributed by atoms with Crippen LogP contribution in [0.3, 0.4) is 0 Å². The zero-order chi connectivity index (χ0) is 102. The van der Waals surface area contributed by atoms with Gasteiger partial charge in [0, 0.05) is 61.5 Å². The van der Waals surface area contributed by atoms with E-state index in [9.17, 15) is 12.3 Å². The molecule has 15 rings (SSSR count). The fourth-order valence-corrected chi connectivity index (χ4v) is 18.7. The molecule has 3 heterocycles. The van der Waals surface area contributed by atoms with E-state index in [0.717, 1.165) is 106 Å². The smallest absolute Gasteiger partial charge is 0.252 e. The van der Waals surface area contributed by atoms with Crippen LogP contribution in [0.15, 0.2) is 212 Å². The minimum Gasteiger partial charge on any atom is -0.310 e. The van der Waals surface area contributed by atoms with Crippen molar-refractivity contribution < 1.29 is 12.3 Å². The maximum Gasteiger partial charge on any atom is 0.252 e. The highest BCUT2D eigenvalue weighted by Gasteiger charge is 2.48. The van der Waals surface area contributed by atoms with Crippen molar-refractivity contribution in [3.05, 3.63) is 284 Å². The summed E-state index contributed by atoms with van der Waals surface area (Å²) in [4.78, 5) is 4.89. The Balaban J connectivity index is 1.28. The molecule has 12 aromatic carbocycles. The molecule has 0 bridgehead atoms. The van der Waals surface area contributed by atoms with Gasteiger partial charge in [0.2, 0.25) is 0 Å².